The third-order valence-corrected chi connectivity index (χ3v) is 4.78. The van der Waals surface area contributed by atoms with E-state index in [0.29, 0.717) is 6.54 Å². The fourth-order valence-corrected chi connectivity index (χ4v) is 2.16. The highest BCUT2D eigenvalue weighted by Gasteiger charge is 2.16. The van der Waals surface area contributed by atoms with Crippen molar-refractivity contribution in [1.82, 2.24) is 25.8 Å². The molecule has 0 fully saturated rings. The molecule has 0 aliphatic heterocycles. The second-order valence-electron chi connectivity index (χ2n) is 5.78. The Bertz CT molecular complexity index is 642. The predicted molar refractivity (Wildman–Crippen MR) is 113 cm³/mol. The molecule has 0 saturated carbocycles. The molecular formula is C16H25IN6S. The SMILES string of the molecule is CN=C(NCc1cccc(-c2ncn[nH]2)c1)NCC(C)(C)SC.I. The van der Waals surface area contributed by atoms with Crippen molar-refractivity contribution >= 4 is 41.7 Å². The Morgan fingerprint density at radius 1 is 1.33 bits per heavy atom. The Labute approximate surface area is 164 Å². The minimum absolute atomic E-state index is 0. The zero-order valence-electron chi connectivity index (χ0n) is 14.5. The molecule has 0 saturated heterocycles. The van der Waals surface area contributed by atoms with Gasteiger partial charge in [-0.15, -0.1) is 24.0 Å². The maximum Gasteiger partial charge on any atom is 0.191 e. The lowest BCUT2D eigenvalue weighted by molar-refractivity contribution is 0.664. The van der Waals surface area contributed by atoms with Gasteiger partial charge in [0.2, 0.25) is 0 Å². The van der Waals surface area contributed by atoms with Crippen LogP contribution in [0.1, 0.15) is 19.4 Å². The molecule has 0 atom stereocenters. The van der Waals surface area contributed by atoms with Gasteiger partial charge in [-0.05, 0) is 31.7 Å². The fraction of sp³-hybridized carbons (Fsp3) is 0.438. The van der Waals surface area contributed by atoms with Crippen molar-refractivity contribution < 1.29 is 0 Å². The van der Waals surface area contributed by atoms with Crippen molar-refractivity contribution in [2.24, 2.45) is 4.99 Å². The van der Waals surface area contributed by atoms with E-state index in [1.807, 2.05) is 23.9 Å². The molecule has 2 aromatic rings. The zero-order valence-corrected chi connectivity index (χ0v) is 17.6. The number of thioether (sulfide) groups is 1. The monoisotopic (exact) mass is 460 g/mol. The van der Waals surface area contributed by atoms with E-state index in [4.69, 9.17) is 0 Å². The van der Waals surface area contributed by atoms with Crippen LogP contribution < -0.4 is 10.6 Å². The minimum atomic E-state index is 0. The van der Waals surface area contributed by atoms with Crippen LogP contribution in [0.3, 0.4) is 0 Å². The summed E-state index contributed by atoms with van der Waals surface area (Å²) in [5.41, 5.74) is 2.18. The summed E-state index contributed by atoms with van der Waals surface area (Å²) in [5.74, 6) is 1.58. The van der Waals surface area contributed by atoms with Crippen LogP contribution in [0.4, 0.5) is 0 Å². The number of rotatable bonds is 6. The second kappa shape index (κ2) is 9.87. The van der Waals surface area contributed by atoms with Crippen LogP contribution >= 0.6 is 35.7 Å². The first-order valence-electron chi connectivity index (χ1n) is 7.48. The topological polar surface area (TPSA) is 78.0 Å². The van der Waals surface area contributed by atoms with E-state index < -0.39 is 0 Å². The van der Waals surface area contributed by atoms with Crippen molar-refractivity contribution in [1.29, 1.82) is 0 Å². The number of aromatic amines is 1. The van der Waals surface area contributed by atoms with Gasteiger partial charge in [-0.25, -0.2) is 4.98 Å². The lowest BCUT2D eigenvalue weighted by Gasteiger charge is -2.23. The molecule has 6 nitrogen and oxygen atoms in total. The minimum Gasteiger partial charge on any atom is -0.355 e. The Hall–Kier alpha value is -1.29. The Kier molecular flexibility index (Phi) is 8.54. The normalized spacial score (nSPS) is 11.8. The highest BCUT2D eigenvalue weighted by Crippen LogP contribution is 2.19. The van der Waals surface area contributed by atoms with Crippen LogP contribution in [0.2, 0.25) is 0 Å². The van der Waals surface area contributed by atoms with Gasteiger partial charge in [0.25, 0.3) is 0 Å². The maximum atomic E-state index is 4.27. The van der Waals surface area contributed by atoms with Gasteiger partial charge in [-0.1, -0.05) is 18.2 Å². The van der Waals surface area contributed by atoms with Crippen LogP contribution in [0.15, 0.2) is 35.6 Å². The summed E-state index contributed by atoms with van der Waals surface area (Å²) in [6.45, 7) is 5.96. The number of halogens is 1. The number of nitrogens with one attached hydrogen (secondary N) is 3. The first kappa shape index (κ1) is 20.8. The van der Waals surface area contributed by atoms with Crippen LogP contribution in [0.5, 0.6) is 0 Å². The highest BCUT2D eigenvalue weighted by molar-refractivity contribution is 14.0. The van der Waals surface area contributed by atoms with Crippen LogP contribution in [0.25, 0.3) is 11.4 Å². The van der Waals surface area contributed by atoms with E-state index >= 15 is 0 Å². The van der Waals surface area contributed by atoms with Gasteiger partial charge in [0, 0.05) is 30.4 Å². The Morgan fingerprint density at radius 3 is 2.75 bits per heavy atom. The first-order valence-corrected chi connectivity index (χ1v) is 8.71. The largest absolute Gasteiger partial charge is 0.355 e. The molecule has 24 heavy (non-hydrogen) atoms. The second-order valence-corrected chi connectivity index (χ2v) is 7.29. The van der Waals surface area contributed by atoms with Crippen LogP contribution in [0, 0.1) is 0 Å². The quantitative estimate of drug-likeness (QED) is 0.351. The molecule has 0 aliphatic rings. The van der Waals surface area contributed by atoms with Gasteiger partial charge in [-0.3, -0.25) is 10.1 Å². The maximum absolute atomic E-state index is 4.27. The molecule has 1 aromatic heterocycles. The number of guanidine groups is 1. The summed E-state index contributed by atoms with van der Waals surface area (Å²) in [6.07, 6.45) is 3.63. The molecule has 1 heterocycles. The molecular weight excluding hydrogens is 435 g/mol. The average molecular weight is 460 g/mol. The molecule has 132 valence electrons. The fourth-order valence-electron chi connectivity index (χ4n) is 1.95. The molecule has 0 radical (unpaired) electrons. The van der Waals surface area contributed by atoms with Crippen molar-refractivity contribution in [3.05, 3.63) is 36.2 Å². The van der Waals surface area contributed by atoms with E-state index in [1.165, 1.54) is 6.33 Å². The van der Waals surface area contributed by atoms with Gasteiger partial charge >= 0.3 is 0 Å². The summed E-state index contributed by atoms with van der Waals surface area (Å²) in [6, 6.07) is 8.19. The molecule has 2 rings (SSSR count). The molecule has 0 aliphatic carbocycles. The van der Waals surface area contributed by atoms with Crippen molar-refractivity contribution in [2.75, 3.05) is 19.8 Å². The molecule has 0 bridgehead atoms. The van der Waals surface area contributed by atoms with Crippen molar-refractivity contribution in [2.45, 2.75) is 25.1 Å². The van der Waals surface area contributed by atoms with E-state index in [-0.39, 0.29) is 28.7 Å². The number of aromatic nitrogens is 3. The summed E-state index contributed by atoms with van der Waals surface area (Å²) < 4.78 is 0.170. The number of hydrogen-bond donors (Lipinski definition) is 3. The van der Waals surface area contributed by atoms with E-state index in [1.54, 1.807) is 7.05 Å². The van der Waals surface area contributed by atoms with Gasteiger partial charge in [0.1, 0.15) is 6.33 Å². The lowest BCUT2D eigenvalue weighted by Crippen LogP contribution is -2.42. The molecule has 8 heteroatoms. The highest BCUT2D eigenvalue weighted by atomic mass is 127. The third kappa shape index (κ3) is 6.31. The Balaban J connectivity index is 0.00000288. The van der Waals surface area contributed by atoms with Gasteiger partial charge in [0.15, 0.2) is 11.8 Å². The molecule has 3 N–H and O–H groups in total. The average Bonchev–Trinajstić information content (AvgIpc) is 3.10. The molecule has 0 amide bonds. The smallest absolute Gasteiger partial charge is 0.191 e. The molecule has 1 aromatic carbocycles. The summed E-state index contributed by atoms with van der Waals surface area (Å²) in [5, 5.41) is 13.5. The van der Waals surface area contributed by atoms with Gasteiger partial charge in [-0.2, -0.15) is 16.9 Å². The summed E-state index contributed by atoms with van der Waals surface area (Å²) in [4.78, 5) is 8.45. The number of H-pyrrole nitrogens is 1. The summed E-state index contributed by atoms with van der Waals surface area (Å²) in [7, 11) is 1.78. The van der Waals surface area contributed by atoms with Crippen molar-refractivity contribution in [3.63, 3.8) is 0 Å². The van der Waals surface area contributed by atoms with Crippen LogP contribution in [-0.4, -0.2) is 45.7 Å². The Morgan fingerprint density at radius 2 is 2.12 bits per heavy atom. The number of benzene rings is 1. The van der Waals surface area contributed by atoms with E-state index in [2.05, 4.69) is 63.0 Å². The first-order chi connectivity index (χ1) is 11.0. The lowest BCUT2D eigenvalue weighted by atomic mass is 10.1. The number of aliphatic imine (C=N–C) groups is 1. The van der Waals surface area contributed by atoms with Gasteiger partial charge < -0.3 is 10.6 Å². The van der Waals surface area contributed by atoms with E-state index in [9.17, 15) is 0 Å². The summed E-state index contributed by atoms with van der Waals surface area (Å²) >= 11 is 1.83. The zero-order chi connectivity index (χ0) is 16.7. The molecule has 0 spiro atoms. The standard InChI is InChI=1S/C16H24N6S.HI/c1-16(2,23-4)10-19-15(17-3)18-9-12-6-5-7-13(8-12)14-20-11-21-22-14;/h5-8,11H,9-10H2,1-4H3,(H2,17,18,19)(H,20,21,22);1H. The number of hydrogen-bond acceptors (Lipinski definition) is 4. The van der Waals surface area contributed by atoms with Crippen molar-refractivity contribution in [3.8, 4) is 11.4 Å². The third-order valence-electron chi connectivity index (χ3n) is 3.53. The predicted octanol–water partition coefficient (Wildman–Crippen LogP) is 2.90. The van der Waals surface area contributed by atoms with E-state index in [0.717, 1.165) is 29.5 Å². The van der Waals surface area contributed by atoms with Crippen LogP contribution in [-0.2, 0) is 6.54 Å². The number of nitrogens with zero attached hydrogens (tertiary/aromatic N) is 3. The van der Waals surface area contributed by atoms with Gasteiger partial charge in [0.05, 0.1) is 0 Å². The molecule has 0 unspecified atom stereocenters.